The van der Waals surface area contributed by atoms with Crippen LogP contribution in [-0.2, 0) is 11.3 Å². The molecule has 0 unspecified atom stereocenters. The Labute approximate surface area is 212 Å². The van der Waals surface area contributed by atoms with Crippen molar-refractivity contribution in [3.8, 4) is 0 Å². The highest BCUT2D eigenvalue weighted by Crippen LogP contribution is 2.28. The lowest BCUT2D eigenvalue weighted by atomic mass is 10.2. The number of benzene rings is 2. The maximum absolute atomic E-state index is 14.0. The first-order chi connectivity index (χ1) is 16.2. The third-order valence-electron chi connectivity index (χ3n) is 4.51. The SMILES string of the molecule is C=CCn1c(SCC(=O)Nc2c(F)cc(F)cc2Br)nnc1[C@H](C)NC(=O)c1ccccc1Cl. The van der Waals surface area contributed by atoms with Gasteiger partial charge < -0.3 is 15.2 Å². The lowest BCUT2D eigenvalue weighted by Gasteiger charge is -2.15. The van der Waals surface area contributed by atoms with E-state index < -0.39 is 23.6 Å². The Hall–Kier alpha value is -2.76. The number of allylic oxidation sites excluding steroid dienone is 1. The maximum atomic E-state index is 14.0. The fourth-order valence-corrected chi connectivity index (χ4v) is 4.46. The zero-order valence-corrected chi connectivity index (χ0v) is 21.0. The van der Waals surface area contributed by atoms with Gasteiger partial charge in [0.1, 0.15) is 5.82 Å². The molecule has 0 fully saturated rings. The van der Waals surface area contributed by atoms with Crippen molar-refractivity contribution >= 4 is 56.8 Å². The first-order valence-corrected chi connectivity index (χ1v) is 12.0. The molecular weight excluding hydrogens is 552 g/mol. The molecule has 1 atom stereocenters. The van der Waals surface area contributed by atoms with E-state index in [-0.39, 0.29) is 21.8 Å². The number of anilines is 1. The van der Waals surface area contributed by atoms with Gasteiger partial charge in [0.05, 0.1) is 28.1 Å². The average molecular weight is 571 g/mol. The molecular formula is C22H19BrClF2N5O2S. The van der Waals surface area contributed by atoms with Crippen molar-refractivity contribution in [1.29, 1.82) is 0 Å². The second-order valence-electron chi connectivity index (χ2n) is 7.00. The molecule has 12 heteroatoms. The molecule has 0 spiro atoms. The summed E-state index contributed by atoms with van der Waals surface area (Å²) in [4.78, 5) is 25.0. The van der Waals surface area contributed by atoms with Crippen LogP contribution in [0.5, 0.6) is 0 Å². The van der Waals surface area contributed by atoms with E-state index in [9.17, 15) is 18.4 Å². The Balaban J connectivity index is 1.70. The highest BCUT2D eigenvalue weighted by Gasteiger charge is 2.21. The molecule has 0 bridgehead atoms. The van der Waals surface area contributed by atoms with E-state index in [0.717, 1.165) is 17.8 Å². The highest BCUT2D eigenvalue weighted by molar-refractivity contribution is 9.10. The number of thioether (sulfide) groups is 1. The number of nitrogens with one attached hydrogen (secondary N) is 2. The number of nitrogens with zero attached hydrogens (tertiary/aromatic N) is 3. The van der Waals surface area contributed by atoms with Gasteiger partial charge in [0.15, 0.2) is 16.8 Å². The van der Waals surface area contributed by atoms with Crippen molar-refractivity contribution < 1.29 is 18.4 Å². The van der Waals surface area contributed by atoms with E-state index in [1.807, 2.05) is 0 Å². The lowest BCUT2D eigenvalue weighted by Crippen LogP contribution is -2.29. The third kappa shape index (κ3) is 6.22. The molecule has 7 nitrogen and oxygen atoms in total. The summed E-state index contributed by atoms with van der Waals surface area (Å²) in [5.41, 5.74) is 0.174. The molecule has 34 heavy (non-hydrogen) atoms. The summed E-state index contributed by atoms with van der Waals surface area (Å²) in [6, 6.07) is 7.88. The number of aromatic nitrogens is 3. The number of rotatable bonds is 9. The van der Waals surface area contributed by atoms with E-state index >= 15 is 0 Å². The number of carbonyl (C=O) groups is 2. The summed E-state index contributed by atoms with van der Waals surface area (Å²) in [7, 11) is 0. The first-order valence-electron chi connectivity index (χ1n) is 9.87. The summed E-state index contributed by atoms with van der Waals surface area (Å²) in [6.07, 6.45) is 1.63. The molecule has 178 valence electrons. The lowest BCUT2D eigenvalue weighted by molar-refractivity contribution is -0.113. The summed E-state index contributed by atoms with van der Waals surface area (Å²) >= 11 is 10.2. The molecule has 0 saturated heterocycles. The predicted molar refractivity (Wildman–Crippen MR) is 131 cm³/mol. The van der Waals surface area contributed by atoms with Crippen LogP contribution in [0.25, 0.3) is 0 Å². The summed E-state index contributed by atoms with van der Waals surface area (Å²) in [5.74, 6) is -2.21. The van der Waals surface area contributed by atoms with Crippen molar-refractivity contribution in [2.45, 2.75) is 24.7 Å². The quantitative estimate of drug-likeness (QED) is 0.266. The summed E-state index contributed by atoms with van der Waals surface area (Å²) in [5, 5.41) is 14.3. The molecule has 3 rings (SSSR count). The van der Waals surface area contributed by atoms with E-state index in [2.05, 4.69) is 43.3 Å². The largest absolute Gasteiger partial charge is 0.342 e. The van der Waals surface area contributed by atoms with Crippen molar-refractivity contribution in [1.82, 2.24) is 20.1 Å². The van der Waals surface area contributed by atoms with E-state index in [1.54, 1.807) is 41.8 Å². The monoisotopic (exact) mass is 569 g/mol. The zero-order chi connectivity index (χ0) is 24.8. The average Bonchev–Trinajstić information content (AvgIpc) is 3.18. The molecule has 0 aliphatic carbocycles. The molecule has 0 aliphatic heterocycles. The number of halogens is 4. The number of hydrogen-bond acceptors (Lipinski definition) is 5. The van der Waals surface area contributed by atoms with Crippen LogP contribution in [0.4, 0.5) is 14.5 Å². The topological polar surface area (TPSA) is 88.9 Å². The van der Waals surface area contributed by atoms with Crippen LogP contribution < -0.4 is 10.6 Å². The zero-order valence-electron chi connectivity index (χ0n) is 17.8. The molecule has 2 aromatic carbocycles. The Morgan fingerprint density at radius 2 is 2.03 bits per heavy atom. The standard InChI is InChI=1S/C22H19BrClF2N5O2S/c1-3-8-31-20(12(2)27-21(33)14-6-4-5-7-16(14)24)29-30-22(31)34-11-18(32)28-19-15(23)9-13(25)10-17(19)26/h3-7,9-10,12H,1,8,11H2,2H3,(H,27,33)(H,28,32)/t12-/m0/s1. The molecule has 1 aromatic heterocycles. The number of amides is 2. The fraction of sp³-hybridized carbons (Fsp3) is 0.182. The van der Waals surface area contributed by atoms with Gasteiger partial charge in [-0.3, -0.25) is 9.59 Å². The van der Waals surface area contributed by atoms with Crippen LogP contribution >= 0.6 is 39.3 Å². The second-order valence-corrected chi connectivity index (χ2v) is 9.20. The van der Waals surface area contributed by atoms with Gasteiger partial charge in [-0.1, -0.05) is 41.6 Å². The minimum atomic E-state index is -0.898. The molecule has 2 amide bonds. The molecule has 0 radical (unpaired) electrons. The van der Waals surface area contributed by atoms with Gasteiger partial charge in [0, 0.05) is 17.1 Å². The van der Waals surface area contributed by atoms with Gasteiger partial charge in [-0.2, -0.15) is 0 Å². The van der Waals surface area contributed by atoms with Gasteiger partial charge in [-0.25, -0.2) is 8.78 Å². The first kappa shape index (κ1) is 25.9. The van der Waals surface area contributed by atoms with Gasteiger partial charge in [-0.05, 0) is 41.1 Å². The van der Waals surface area contributed by atoms with Crippen molar-refractivity contribution in [2.75, 3.05) is 11.1 Å². The van der Waals surface area contributed by atoms with E-state index in [4.69, 9.17) is 11.6 Å². The van der Waals surface area contributed by atoms with Crippen LogP contribution in [0.1, 0.15) is 29.1 Å². The number of hydrogen-bond donors (Lipinski definition) is 2. The van der Waals surface area contributed by atoms with Crippen LogP contribution in [0.3, 0.4) is 0 Å². The minimum absolute atomic E-state index is 0.0866. The van der Waals surface area contributed by atoms with Crippen LogP contribution in [-0.4, -0.2) is 32.3 Å². The molecule has 3 aromatic rings. The fourth-order valence-electron chi connectivity index (χ4n) is 2.98. The predicted octanol–water partition coefficient (Wildman–Crippen LogP) is 5.38. The second kappa shape index (κ2) is 11.6. The van der Waals surface area contributed by atoms with Gasteiger partial charge >= 0.3 is 0 Å². The van der Waals surface area contributed by atoms with E-state index in [0.29, 0.717) is 34.2 Å². The van der Waals surface area contributed by atoms with E-state index in [1.165, 1.54) is 0 Å². The van der Waals surface area contributed by atoms with Crippen molar-refractivity contribution in [3.63, 3.8) is 0 Å². The van der Waals surface area contributed by atoms with Gasteiger partial charge in [-0.15, -0.1) is 16.8 Å². The third-order valence-corrected chi connectivity index (χ3v) is 6.44. The van der Waals surface area contributed by atoms with Crippen LogP contribution in [0, 0.1) is 11.6 Å². The van der Waals surface area contributed by atoms with Crippen LogP contribution in [0.15, 0.2) is 58.7 Å². The smallest absolute Gasteiger partial charge is 0.253 e. The molecule has 0 aliphatic rings. The molecule has 1 heterocycles. The number of carbonyl (C=O) groups excluding carboxylic acids is 2. The van der Waals surface area contributed by atoms with Crippen molar-refractivity contribution in [2.24, 2.45) is 0 Å². The normalized spacial score (nSPS) is 11.7. The highest BCUT2D eigenvalue weighted by atomic mass is 79.9. The Bertz CT molecular complexity index is 1220. The molecule has 2 N–H and O–H groups in total. The summed E-state index contributed by atoms with van der Waals surface area (Å²) < 4.78 is 29.0. The van der Waals surface area contributed by atoms with Gasteiger partial charge in [0.25, 0.3) is 5.91 Å². The Morgan fingerprint density at radius 3 is 2.71 bits per heavy atom. The van der Waals surface area contributed by atoms with Crippen LogP contribution in [0.2, 0.25) is 5.02 Å². The Kier molecular flexibility index (Phi) is 8.81. The minimum Gasteiger partial charge on any atom is -0.342 e. The Morgan fingerprint density at radius 1 is 1.29 bits per heavy atom. The maximum Gasteiger partial charge on any atom is 0.253 e. The molecule has 0 saturated carbocycles. The van der Waals surface area contributed by atoms with Crippen molar-refractivity contribution in [3.05, 3.63) is 81.6 Å². The van der Waals surface area contributed by atoms with Gasteiger partial charge in [0.2, 0.25) is 5.91 Å². The summed E-state index contributed by atoms with van der Waals surface area (Å²) in [6.45, 7) is 5.80.